The third-order valence-electron chi connectivity index (χ3n) is 1.90. The summed E-state index contributed by atoms with van der Waals surface area (Å²) in [6.07, 6.45) is 4.91. The molecular formula is C11H12N2. The number of allylic oxidation sites excluding steroid dienone is 1. The summed E-state index contributed by atoms with van der Waals surface area (Å²) in [5.41, 5.74) is 3.22. The van der Waals surface area contributed by atoms with E-state index < -0.39 is 0 Å². The van der Waals surface area contributed by atoms with Crippen molar-refractivity contribution < 1.29 is 0 Å². The van der Waals surface area contributed by atoms with Gasteiger partial charge in [-0.2, -0.15) is 0 Å². The van der Waals surface area contributed by atoms with Crippen LogP contribution < -0.4 is 0 Å². The van der Waals surface area contributed by atoms with Gasteiger partial charge in [0.05, 0.1) is 5.69 Å². The normalized spacial score (nSPS) is 10.5. The number of hydrogen-bond acceptors (Lipinski definition) is 1. The summed E-state index contributed by atoms with van der Waals surface area (Å²) in [6.45, 7) is 5.89. The van der Waals surface area contributed by atoms with Gasteiger partial charge >= 0.3 is 0 Å². The van der Waals surface area contributed by atoms with E-state index in [2.05, 4.69) is 11.6 Å². The van der Waals surface area contributed by atoms with Crippen LogP contribution in [-0.2, 0) is 6.42 Å². The smallest absolute Gasteiger partial charge is 0.136 e. The molecule has 0 aliphatic carbocycles. The minimum absolute atomic E-state index is 0.863. The van der Waals surface area contributed by atoms with Gasteiger partial charge in [-0.3, -0.25) is 0 Å². The Labute approximate surface area is 77.5 Å². The van der Waals surface area contributed by atoms with Crippen molar-refractivity contribution in [3.8, 4) is 0 Å². The van der Waals surface area contributed by atoms with Gasteiger partial charge in [-0.25, -0.2) is 4.98 Å². The molecule has 2 rings (SSSR count). The van der Waals surface area contributed by atoms with Crippen LogP contribution in [0.1, 0.15) is 12.6 Å². The molecule has 0 unspecified atom stereocenters. The first-order valence-electron chi connectivity index (χ1n) is 4.33. The van der Waals surface area contributed by atoms with E-state index in [1.165, 1.54) is 0 Å². The Kier molecular flexibility index (Phi) is 1.89. The molecule has 2 nitrogen and oxygen atoms in total. The fourth-order valence-electron chi connectivity index (χ4n) is 1.38. The second kappa shape index (κ2) is 3.05. The molecule has 2 heterocycles. The van der Waals surface area contributed by atoms with Gasteiger partial charge in [-0.05, 0) is 19.1 Å². The molecule has 0 amide bonds. The van der Waals surface area contributed by atoms with Crippen molar-refractivity contribution in [3.05, 3.63) is 48.4 Å². The maximum absolute atomic E-state index is 4.46. The molecule has 0 spiro atoms. The van der Waals surface area contributed by atoms with E-state index in [4.69, 9.17) is 0 Å². The lowest BCUT2D eigenvalue weighted by Gasteiger charge is -1.90. The summed E-state index contributed by atoms with van der Waals surface area (Å²) in [5.74, 6) is 0. The van der Waals surface area contributed by atoms with E-state index in [1.54, 1.807) is 0 Å². The standard InChI is InChI=1S/C11H12N2/c1-9(2)7-10-8-13-6-4-3-5-11(13)12-10/h3-6,8H,1,7H2,2H3. The largest absolute Gasteiger partial charge is 0.307 e. The SMILES string of the molecule is C=C(C)Cc1cn2ccccc2n1. The zero-order valence-corrected chi connectivity index (χ0v) is 7.70. The van der Waals surface area contributed by atoms with Crippen molar-refractivity contribution in [2.24, 2.45) is 0 Å². The molecule has 0 N–H and O–H groups in total. The lowest BCUT2D eigenvalue weighted by Crippen LogP contribution is -1.83. The van der Waals surface area contributed by atoms with Gasteiger partial charge in [0, 0.05) is 18.8 Å². The Morgan fingerprint density at radius 2 is 2.38 bits per heavy atom. The zero-order chi connectivity index (χ0) is 9.26. The molecule has 13 heavy (non-hydrogen) atoms. The van der Waals surface area contributed by atoms with Gasteiger partial charge < -0.3 is 4.40 Å². The Morgan fingerprint density at radius 1 is 1.54 bits per heavy atom. The van der Waals surface area contributed by atoms with Crippen molar-refractivity contribution in [1.82, 2.24) is 9.38 Å². The molecule has 0 aromatic carbocycles. The van der Waals surface area contributed by atoms with Crippen LogP contribution in [0.15, 0.2) is 42.7 Å². The summed E-state index contributed by atoms with van der Waals surface area (Å²) in [6, 6.07) is 5.99. The summed E-state index contributed by atoms with van der Waals surface area (Å²) in [5, 5.41) is 0. The fraction of sp³-hybridized carbons (Fsp3) is 0.182. The molecule has 0 saturated heterocycles. The number of rotatable bonds is 2. The molecule has 2 aromatic heterocycles. The van der Waals surface area contributed by atoms with Crippen molar-refractivity contribution in [2.75, 3.05) is 0 Å². The second-order valence-corrected chi connectivity index (χ2v) is 3.33. The molecule has 0 aliphatic rings. The summed E-state index contributed by atoms with van der Waals surface area (Å²) < 4.78 is 2.03. The maximum Gasteiger partial charge on any atom is 0.136 e. The topological polar surface area (TPSA) is 17.3 Å². The molecule has 0 atom stereocenters. The number of aromatic nitrogens is 2. The predicted molar refractivity (Wildman–Crippen MR) is 53.7 cm³/mol. The van der Waals surface area contributed by atoms with Gasteiger partial charge in [0.15, 0.2) is 0 Å². The summed E-state index contributed by atoms with van der Waals surface area (Å²) in [4.78, 5) is 4.46. The molecule has 66 valence electrons. The summed E-state index contributed by atoms with van der Waals surface area (Å²) in [7, 11) is 0. The molecule has 0 saturated carbocycles. The number of pyridine rings is 1. The van der Waals surface area contributed by atoms with Crippen molar-refractivity contribution in [2.45, 2.75) is 13.3 Å². The quantitative estimate of drug-likeness (QED) is 0.636. The molecule has 0 aliphatic heterocycles. The first-order chi connectivity index (χ1) is 6.25. The minimum Gasteiger partial charge on any atom is -0.307 e. The van der Waals surface area contributed by atoms with Gasteiger partial charge in [-0.15, -0.1) is 0 Å². The zero-order valence-electron chi connectivity index (χ0n) is 7.70. The van der Waals surface area contributed by atoms with E-state index in [1.807, 2.05) is 41.9 Å². The number of imidazole rings is 1. The van der Waals surface area contributed by atoms with Crippen LogP contribution in [0.25, 0.3) is 5.65 Å². The van der Waals surface area contributed by atoms with Crippen molar-refractivity contribution >= 4 is 5.65 Å². The van der Waals surface area contributed by atoms with E-state index in [0.29, 0.717) is 0 Å². The van der Waals surface area contributed by atoms with E-state index in [0.717, 1.165) is 23.3 Å². The third-order valence-corrected chi connectivity index (χ3v) is 1.90. The van der Waals surface area contributed by atoms with E-state index in [-0.39, 0.29) is 0 Å². The molecule has 0 radical (unpaired) electrons. The summed E-state index contributed by atoms with van der Waals surface area (Å²) >= 11 is 0. The monoisotopic (exact) mass is 172 g/mol. The van der Waals surface area contributed by atoms with Crippen molar-refractivity contribution in [1.29, 1.82) is 0 Å². The van der Waals surface area contributed by atoms with E-state index in [9.17, 15) is 0 Å². The molecule has 2 heteroatoms. The Hall–Kier alpha value is -1.57. The maximum atomic E-state index is 4.46. The highest BCUT2D eigenvalue weighted by atomic mass is 15.0. The highest BCUT2D eigenvalue weighted by Crippen LogP contribution is 2.07. The van der Waals surface area contributed by atoms with Gasteiger partial charge in [0.2, 0.25) is 0 Å². The molecule has 0 bridgehead atoms. The average Bonchev–Trinajstić information content (AvgIpc) is 2.44. The van der Waals surface area contributed by atoms with Crippen LogP contribution in [-0.4, -0.2) is 9.38 Å². The Bertz CT molecular complexity index is 407. The lowest BCUT2D eigenvalue weighted by molar-refractivity contribution is 1.09. The number of fused-ring (bicyclic) bond motifs is 1. The van der Waals surface area contributed by atoms with Crippen LogP contribution in [0.4, 0.5) is 0 Å². The molecule has 0 fully saturated rings. The van der Waals surface area contributed by atoms with E-state index >= 15 is 0 Å². The minimum atomic E-state index is 0.863. The second-order valence-electron chi connectivity index (χ2n) is 3.33. The highest BCUT2D eigenvalue weighted by Gasteiger charge is 1.99. The van der Waals surface area contributed by atoms with Crippen LogP contribution >= 0.6 is 0 Å². The molecule has 2 aromatic rings. The van der Waals surface area contributed by atoms with Crippen LogP contribution in [0.2, 0.25) is 0 Å². The fourth-order valence-corrected chi connectivity index (χ4v) is 1.38. The average molecular weight is 172 g/mol. The van der Waals surface area contributed by atoms with Crippen LogP contribution in [0.3, 0.4) is 0 Å². The highest BCUT2D eigenvalue weighted by molar-refractivity contribution is 5.39. The third kappa shape index (κ3) is 1.61. The molecular weight excluding hydrogens is 160 g/mol. The van der Waals surface area contributed by atoms with Crippen LogP contribution in [0, 0.1) is 0 Å². The lowest BCUT2D eigenvalue weighted by atomic mass is 10.2. The van der Waals surface area contributed by atoms with Gasteiger partial charge in [-0.1, -0.05) is 18.2 Å². The number of hydrogen-bond donors (Lipinski definition) is 0. The first kappa shape index (κ1) is 8.05. The van der Waals surface area contributed by atoms with Crippen molar-refractivity contribution in [3.63, 3.8) is 0 Å². The number of nitrogens with zero attached hydrogens (tertiary/aromatic N) is 2. The first-order valence-corrected chi connectivity index (χ1v) is 4.33. The van der Waals surface area contributed by atoms with Gasteiger partial charge in [0.1, 0.15) is 5.65 Å². The Morgan fingerprint density at radius 3 is 3.08 bits per heavy atom. The Balaban J connectivity index is 2.44. The predicted octanol–water partition coefficient (Wildman–Crippen LogP) is 2.45. The van der Waals surface area contributed by atoms with Gasteiger partial charge in [0.25, 0.3) is 0 Å². The van der Waals surface area contributed by atoms with Crippen LogP contribution in [0.5, 0.6) is 0 Å².